The van der Waals surface area contributed by atoms with E-state index in [0.29, 0.717) is 19.5 Å². The third-order valence-corrected chi connectivity index (χ3v) is 4.34. The average Bonchev–Trinajstić information content (AvgIpc) is 2.59. The van der Waals surface area contributed by atoms with Crippen LogP contribution in [0.4, 0.5) is 0 Å². The molecule has 2 rings (SSSR count). The minimum Gasteiger partial charge on any atom is -0.479 e. The molecule has 1 aromatic carbocycles. The van der Waals surface area contributed by atoms with E-state index >= 15 is 0 Å². The monoisotopic (exact) mass is 331 g/mol. The first-order valence-electron chi connectivity index (χ1n) is 8.34. The summed E-state index contributed by atoms with van der Waals surface area (Å²) in [5.74, 6) is -2.38. The standard InChI is InChI=1S/C19H25NO4/c1-13(2)12-16(17(21)19(23)24)18(22)20-10-8-15(9-11-20)14-6-4-3-5-7-14/h3-8,13,16-17,21H,9-12H2,1-2H3,(H,23,24)/t16-,17-/m0/s1. The fourth-order valence-electron chi connectivity index (χ4n) is 3.06. The molecule has 0 aromatic heterocycles. The van der Waals surface area contributed by atoms with Gasteiger partial charge in [0, 0.05) is 13.1 Å². The molecule has 0 aliphatic carbocycles. The van der Waals surface area contributed by atoms with E-state index in [1.807, 2.05) is 50.3 Å². The van der Waals surface area contributed by atoms with Crippen LogP contribution in [0.1, 0.15) is 32.3 Å². The summed E-state index contributed by atoms with van der Waals surface area (Å²) < 4.78 is 0. The number of aliphatic carboxylic acids is 1. The summed E-state index contributed by atoms with van der Waals surface area (Å²) in [4.78, 5) is 25.5. The van der Waals surface area contributed by atoms with Crippen LogP contribution in [0.25, 0.3) is 5.57 Å². The molecule has 0 spiro atoms. The minimum atomic E-state index is -1.65. The molecule has 0 fully saturated rings. The summed E-state index contributed by atoms with van der Waals surface area (Å²) in [5.41, 5.74) is 2.34. The Balaban J connectivity index is 2.09. The topological polar surface area (TPSA) is 77.8 Å². The number of hydrogen-bond acceptors (Lipinski definition) is 3. The van der Waals surface area contributed by atoms with Gasteiger partial charge < -0.3 is 15.1 Å². The van der Waals surface area contributed by atoms with Gasteiger partial charge in [-0.15, -0.1) is 0 Å². The van der Waals surface area contributed by atoms with Gasteiger partial charge in [0.25, 0.3) is 0 Å². The van der Waals surface area contributed by atoms with Crippen molar-refractivity contribution in [1.29, 1.82) is 0 Å². The summed E-state index contributed by atoms with van der Waals surface area (Å²) in [7, 11) is 0. The Bertz CT molecular complexity index is 609. The number of benzene rings is 1. The Labute approximate surface area is 142 Å². The van der Waals surface area contributed by atoms with Gasteiger partial charge in [-0.2, -0.15) is 0 Å². The second kappa shape index (κ2) is 8.11. The van der Waals surface area contributed by atoms with E-state index in [9.17, 15) is 14.7 Å². The lowest BCUT2D eigenvalue weighted by Crippen LogP contribution is -2.45. The van der Waals surface area contributed by atoms with Crippen molar-refractivity contribution in [3.05, 3.63) is 42.0 Å². The van der Waals surface area contributed by atoms with Crippen molar-refractivity contribution in [3.8, 4) is 0 Å². The highest BCUT2D eigenvalue weighted by Gasteiger charge is 2.35. The molecule has 1 amide bonds. The number of nitrogens with zero attached hydrogens (tertiary/aromatic N) is 1. The molecular formula is C19H25NO4. The summed E-state index contributed by atoms with van der Waals surface area (Å²) in [5, 5.41) is 19.0. The maximum Gasteiger partial charge on any atom is 0.333 e. The summed E-state index contributed by atoms with van der Waals surface area (Å²) in [6, 6.07) is 10.0. The van der Waals surface area contributed by atoms with Crippen LogP contribution >= 0.6 is 0 Å². The molecule has 24 heavy (non-hydrogen) atoms. The quantitative estimate of drug-likeness (QED) is 0.839. The largest absolute Gasteiger partial charge is 0.479 e. The number of aliphatic hydroxyl groups is 1. The highest BCUT2D eigenvalue weighted by Crippen LogP contribution is 2.25. The number of hydrogen-bond donors (Lipinski definition) is 2. The second-order valence-corrected chi connectivity index (χ2v) is 6.65. The van der Waals surface area contributed by atoms with E-state index in [-0.39, 0.29) is 11.8 Å². The Kier molecular flexibility index (Phi) is 6.15. The van der Waals surface area contributed by atoms with Gasteiger partial charge in [-0.05, 0) is 29.9 Å². The molecule has 0 saturated heterocycles. The van der Waals surface area contributed by atoms with E-state index < -0.39 is 18.0 Å². The predicted octanol–water partition coefficient (Wildman–Crippen LogP) is 2.41. The molecule has 1 aromatic rings. The zero-order chi connectivity index (χ0) is 17.7. The lowest BCUT2D eigenvalue weighted by Gasteiger charge is -2.31. The molecule has 130 valence electrons. The first kappa shape index (κ1) is 18.2. The lowest BCUT2D eigenvalue weighted by molar-refractivity contribution is -0.157. The van der Waals surface area contributed by atoms with Crippen molar-refractivity contribution in [3.63, 3.8) is 0 Å². The maximum absolute atomic E-state index is 12.7. The van der Waals surface area contributed by atoms with E-state index in [2.05, 4.69) is 0 Å². The van der Waals surface area contributed by atoms with E-state index in [4.69, 9.17) is 5.11 Å². The van der Waals surface area contributed by atoms with Crippen molar-refractivity contribution < 1.29 is 19.8 Å². The van der Waals surface area contributed by atoms with Crippen LogP contribution in [0.3, 0.4) is 0 Å². The Hall–Kier alpha value is -2.14. The lowest BCUT2D eigenvalue weighted by atomic mass is 9.90. The Morgan fingerprint density at radius 1 is 1.21 bits per heavy atom. The van der Waals surface area contributed by atoms with Gasteiger partial charge in [-0.1, -0.05) is 50.3 Å². The molecule has 5 heteroatoms. The van der Waals surface area contributed by atoms with Crippen LogP contribution in [-0.4, -0.2) is 46.2 Å². The molecule has 0 saturated carbocycles. The van der Waals surface area contributed by atoms with Crippen LogP contribution in [0.15, 0.2) is 36.4 Å². The van der Waals surface area contributed by atoms with Crippen molar-refractivity contribution >= 4 is 17.4 Å². The Morgan fingerprint density at radius 3 is 2.38 bits per heavy atom. The normalized spacial score (nSPS) is 17.3. The van der Waals surface area contributed by atoms with E-state index in [0.717, 1.165) is 12.0 Å². The Morgan fingerprint density at radius 2 is 1.88 bits per heavy atom. The molecule has 0 unspecified atom stereocenters. The predicted molar refractivity (Wildman–Crippen MR) is 92.2 cm³/mol. The first-order valence-corrected chi connectivity index (χ1v) is 8.34. The molecule has 1 aliphatic heterocycles. The number of amides is 1. The third kappa shape index (κ3) is 4.45. The molecule has 5 nitrogen and oxygen atoms in total. The fraction of sp³-hybridized carbons (Fsp3) is 0.474. The van der Waals surface area contributed by atoms with Gasteiger partial charge in [0.2, 0.25) is 5.91 Å². The minimum absolute atomic E-state index is 0.133. The third-order valence-electron chi connectivity index (χ3n) is 4.34. The van der Waals surface area contributed by atoms with Gasteiger partial charge >= 0.3 is 5.97 Å². The zero-order valence-electron chi connectivity index (χ0n) is 14.2. The number of carbonyl (C=O) groups excluding carboxylic acids is 1. The molecule has 1 heterocycles. The van der Waals surface area contributed by atoms with Crippen LogP contribution in [0, 0.1) is 11.8 Å². The van der Waals surface area contributed by atoms with Crippen molar-refractivity contribution in [1.82, 2.24) is 4.90 Å². The summed E-state index contributed by atoms with van der Waals surface area (Å²) in [6.07, 6.45) is 1.45. The van der Waals surface area contributed by atoms with Crippen molar-refractivity contribution in [2.45, 2.75) is 32.8 Å². The van der Waals surface area contributed by atoms with Gasteiger partial charge in [-0.3, -0.25) is 4.79 Å². The number of aliphatic hydroxyl groups excluding tert-OH is 1. The molecule has 2 N–H and O–H groups in total. The number of carboxylic acid groups (broad SMARTS) is 1. The highest BCUT2D eigenvalue weighted by molar-refractivity contribution is 5.86. The summed E-state index contributed by atoms with van der Waals surface area (Å²) >= 11 is 0. The molecule has 2 atom stereocenters. The van der Waals surface area contributed by atoms with Crippen LogP contribution in [-0.2, 0) is 9.59 Å². The molecule has 0 bridgehead atoms. The van der Waals surface area contributed by atoms with Crippen LogP contribution < -0.4 is 0 Å². The molecular weight excluding hydrogens is 306 g/mol. The van der Waals surface area contributed by atoms with Gasteiger partial charge in [0.05, 0.1) is 5.92 Å². The van der Waals surface area contributed by atoms with E-state index in [1.165, 1.54) is 5.57 Å². The smallest absolute Gasteiger partial charge is 0.333 e. The van der Waals surface area contributed by atoms with Gasteiger partial charge in [0.15, 0.2) is 6.10 Å². The zero-order valence-corrected chi connectivity index (χ0v) is 14.2. The number of rotatable bonds is 6. The van der Waals surface area contributed by atoms with Crippen LogP contribution in [0.2, 0.25) is 0 Å². The second-order valence-electron chi connectivity index (χ2n) is 6.65. The number of carboxylic acids is 1. The van der Waals surface area contributed by atoms with Gasteiger partial charge in [-0.25, -0.2) is 4.79 Å². The summed E-state index contributed by atoms with van der Waals surface area (Å²) in [6.45, 7) is 4.82. The van der Waals surface area contributed by atoms with Crippen LogP contribution in [0.5, 0.6) is 0 Å². The average molecular weight is 331 g/mol. The fourth-order valence-corrected chi connectivity index (χ4v) is 3.06. The number of carbonyl (C=O) groups is 2. The van der Waals surface area contributed by atoms with E-state index in [1.54, 1.807) is 4.90 Å². The molecule has 1 aliphatic rings. The van der Waals surface area contributed by atoms with Crippen molar-refractivity contribution in [2.75, 3.05) is 13.1 Å². The van der Waals surface area contributed by atoms with Gasteiger partial charge in [0.1, 0.15) is 0 Å². The maximum atomic E-state index is 12.7. The van der Waals surface area contributed by atoms with Crippen molar-refractivity contribution in [2.24, 2.45) is 11.8 Å². The highest BCUT2D eigenvalue weighted by atomic mass is 16.4. The SMILES string of the molecule is CC(C)C[C@H](C(=O)N1CC=C(c2ccccc2)CC1)[C@H](O)C(=O)O. The first-order chi connectivity index (χ1) is 11.4. The molecule has 0 radical (unpaired) electrons.